The topological polar surface area (TPSA) is 24.1 Å². The lowest BCUT2D eigenvalue weighted by Crippen LogP contribution is -2.59. The summed E-state index contributed by atoms with van der Waals surface area (Å²) in [6, 6.07) is 1.69. The van der Waals surface area contributed by atoms with Gasteiger partial charge in [-0.05, 0) is 49.4 Å². The van der Waals surface area contributed by atoms with Crippen molar-refractivity contribution in [2.24, 2.45) is 23.7 Å². The Morgan fingerprint density at radius 3 is 2.60 bits per heavy atom. The second kappa shape index (κ2) is 3.21. The van der Waals surface area contributed by atoms with E-state index < -0.39 is 0 Å². The molecule has 1 heterocycles. The van der Waals surface area contributed by atoms with Gasteiger partial charge in [0.2, 0.25) is 0 Å². The summed E-state index contributed by atoms with van der Waals surface area (Å²) in [4.78, 5) is 0. The number of hydrogen-bond donors (Lipinski definition) is 2. The van der Waals surface area contributed by atoms with Crippen LogP contribution in [0.25, 0.3) is 0 Å². The van der Waals surface area contributed by atoms with Crippen molar-refractivity contribution in [3.8, 4) is 0 Å². The molecule has 0 aromatic heterocycles. The molecule has 1 aliphatic heterocycles. The predicted octanol–water partition coefficient (Wildman–Crippen LogP) is 1.37. The van der Waals surface area contributed by atoms with Gasteiger partial charge in [-0.3, -0.25) is 0 Å². The van der Waals surface area contributed by atoms with Gasteiger partial charge in [0.1, 0.15) is 0 Å². The van der Waals surface area contributed by atoms with Crippen LogP contribution < -0.4 is 10.6 Å². The Bertz CT molecular complexity index is 261. The first kappa shape index (κ1) is 9.00. The molecule has 84 valence electrons. The number of hydrogen-bond acceptors (Lipinski definition) is 2. The Balaban J connectivity index is 1.46. The number of rotatable bonds is 2. The summed E-state index contributed by atoms with van der Waals surface area (Å²) in [6.07, 6.45) is 7.70. The van der Waals surface area contributed by atoms with E-state index in [0.29, 0.717) is 0 Å². The van der Waals surface area contributed by atoms with E-state index in [4.69, 9.17) is 0 Å². The molecule has 1 saturated heterocycles. The van der Waals surface area contributed by atoms with Crippen LogP contribution in [0, 0.1) is 23.7 Å². The normalized spacial score (nSPS) is 53.2. The standard InChI is InChI=1S/C13H22N2/c1-2-10-8-4-12(11(10)3-1)13(5-8)15-9-6-14-7-9/h8-15H,1-7H2. The van der Waals surface area contributed by atoms with Crippen molar-refractivity contribution in [2.45, 2.75) is 44.2 Å². The maximum atomic E-state index is 3.90. The molecule has 2 nitrogen and oxygen atoms in total. The molecule has 5 unspecified atom stereocenters. The summed E-state index contributed by atoms with van der Waals surface area (Å²) in [5.74, 6) is 4.43. The van der Waals surface area contributed by atoms with E-state index in [1.165, 1.54) is 25.9 Å². The van der Waals surface area contributed by atoms with Crippen molar-refractivity contribution in [3.63, 3.8) is 0 Å². The van der Waals surface area contributed by atoms with Gasteiger partial charge in [-0.1, -0.05) is 6.42 Å². The van der Waals surface area contributed by atoms with Crippen LogP contribution in [0.2, 0.25) is 0 Å². The molecule has 0 amide bonds. The minimum atomic E-state index is 0.800. The van der Waals surface area contributed by atoms with Crippen LogP contribution in [0.5, 0.6) is 0 Å². The van der Waals surface area contributed by atoms with E-state index in [2.05, 4.69) is 10.6 Å². The van der Waals surface area contributed by atoms with E-state index in [1.807, 2.05) is 0 Å². The average molecular weight is 206 g/mol. The van der Waals surface area contributed by atoms with Crippen molar-refractivity contribution < 1.29 is 0 Å². The summed E-state index contributed by atoms with van der Waals surface area (Å²) in [7, 11) is 0. The van der Waals surface area contributed by atoms with Crippen molar-refractivity contribution >= 4 is 0 Å². The van der Waals surface area contributed by atoms with Crippen LogP contribution in [-0.2, 0) is 0 Å². The Hall–Kier alpha value is -0.0800. The zero-order chi connectivity index (χ0) is 9.83. The molecular formula is C13H22N2. The third kappa shape index (κ3) is 1.24. The van der Waals surface area contributed by atoms with Crippen LogP contribution in [0.15, 0.2) is 0 Å². The van der Waals surface area contributed by atoms with E-state index in [0.717, 1.165) is 35.8 Å². The first-order chi connectivity index (χ1) is 7.42. The maximum absolute atomic E-state index is 3.90. The summed E-state index contributed by atoms with van der Waals surface area (Å²) in [5, 5.41) is 7.26. The second-order valence-corrected chi connectivity index (χ2v) is 6.28. The van der Waals surface area contributed by atoms with Gasteiger partial charge >= 0.3 is 0 Å². The third-order valence-corrected chi connectivity index (χ3v) is 5.66. The van der Waals surface area contributed by atoms with Crippen LogP contribution in [0.4, 0.5) is 0 Å². The zero-order valence-corrected chi connectivity index (χ0v) is 9.41. The third-order valence-electron chi connectivity index (χ3n) is 5.66. The zero-order valence-electron chi connectivity index (χ0n) is 9.41. The SMILES string of the molecule is C1CC2C3CC(NC4CNC4)C(C3)C2C1. The molecule has 2 N–H and O–H groups in total. The van der Waals surface area contributed by atoms with Gasteiger partial charge < -0.3 is 10.6 Å². The lowest BCUT2D eigenvalue weighted by atomic mass is 9.79. The molecule has 15 heavy (non-hydrogen) atoms. The Morgan fingerprint density at radius 2 is 1.80 bits per heavy atom. The molecule has 2 heteroatoms. The van der Waals surface area contributed by atoms with Gasteiger partial charge in [0.15, 0.2) is 0 Å². The molecule has 0 aromatic rings. The minimum Gasteiger partial charge on any atom is -0.314 e. The van der Waals surface area contributed by atoms with Crippen molar-refractivity contribution in [2.75, 3.05) is 13.1 Å². The quantitative estimate of drug-likeness (QED) is 0.713. The molecule has 0 spiro atoms. The van der Waals surface area contributed by atoms with Gasteiger partial charge in [0.05, 0.1) is 0 Å². The van der Waals surface area contributed by atoms with Gasteiger partial charge in [-0.25, -0.2) is 0 Å². The van der Waals surface area contributed by atoms with Gasteiger partial charge in [-0.2, -0.15) is 0 Å². The van der Waals surface area contributed by atoms with Crippen LogP contribution >= 0.6 is 0 Å². The fourth-order valence-corrected chi connectivity index (χ4v) is 4.97. The monoisotopic (exact) mass is 206 g/mol. The molecule has 5 atom stereocenters. The molecule has 2 bridgehead atoms. The summed E-state index contributed by atoms with van der Waals surface area (Å²) in [6.45, 7) is 2.42. The first-order valence-electron chi connectivity index (χ1n) is 6.88. The van der Waals surface area contributed by atoms with Crippen molar-refractivity contribution in [3.05, 3.63) is 0 Å². The molecule has 0 aromatic carbocycles. The molecular weight excluding hydrogens is 184 g/mol. The summed E-state index contributed by atoms with van der Waals surface area (Å²) < 4.78 is 0. The smallest absolute Gasteiger partial charge is 0.0320 e. The summed E-state index contributed by atoms with van der Waals surface area (Å²) >= 11 is 0. The Kier molecular flexibility index (Phi) is 1.92. The van der Waals surface area contributed by atoms with E-state index in [9.17, 15) is 0 Å². The van der Waals surface area contributed by atoms with Gasteiger partial charge in [0, 0.05) is 25.2 Å². The highest BCUT2D eigenvalue weighted by molar-refractivity contribution is 5.06. The number of nitrogens with one attached hydrogen (secondary N) is 2. The fourth-order valence-electron chi connectivity index (χ4n) is 4.97. The molecule has 4 fully saturated rings. The lowest BCUT2D eigenvalue weighted by Gasteiger charge is -2.38. The van der Waals surface area contributed by atoms with Gasteiger partial charge in [0.25, 0.3) is 0 Å². The molecule has 0 radical (unpaired) electrons. The molecule has 4 aliphatic rings. The average Bonchev–Trinajstić information content (AvgIpc) is 2.82. The largest absolute Gasteiger partial charge is 0.314 e. The highest BCUT2D eigenvalue weighted by atomic mass is 15.1. The molecule has 3 saturated carbocycles. The van der Waals surface area contributed by atoms with Crippen molar-refractivity contribution in [1.29, 1.82) is 0 Å². The van der Waals surface area contributed by atoms with E-state index >= 15 is 0 Å². The lowest BCUT2D eigenvalue weighted by molar-refractivity contribution is 0.185. The Morgan fingerprint density at radius 1 is 0.933 bits per heavy atom. The van der Waals surface area contributed by atoms with Crippen LogP contribution in [0.1, 0.15) is 32.1 Å². The molecule has 4 rings (SSSR count). The second-order valence-electron chi connectivity index (χ2n) is 6.28. The molecule has 3 aliphatic carbocycles. The predicted molar refractivity (Wildman–Crippen MR) is 60.6 cm³/mol. The van der Waals surface area contributed by atoms with Crippen molar-refractivity contribution in [1.82, 2.24) is 10.6 Å². The van der Waals surface area contributed by atoms with Crippen LogP contribution in [0.3, 0.4) is 0 Å². The maximum Gasteiger partial charge on any atom is 0.0320 e. The highest BCUT2D eigenvalue weighted by Gasteiger charge is 2.53. The van der Waals surface area contributed by atoms with E-state index in [1.54, 1.807) is 19.3 Å². The Labute approximate surface area is 92.2 Å². The fraction of sp³-hybridized carbons (Fsp3) is 1.00. The highest BCUT2D eigenvalue weighted by Crippen LogP contribution is 2.58. The minimum absolute atomic E-state index is 0.800. The van der Waals surface area contributed by atoms with Crippen LogP contribution in [-0.4, -0.2) is 25.2 Å². The number of fused-ring (bicyclic) bond motifs is 5. The van der Waals surface area contributed by atoms with Gasteiger partial charge in [-0.15, -0.1) is 0 Å². The van der Waals surface area contributed by atoms with E-state index in [-0.39, 0.29) is 0 Å². The summed E-state index contributed by atoms with van der Waals surface area (Å²) in [5.41, 5.74) is 0. The first-order valence-corrected chi connectivity index (χ1v) is 6.88.